The lowest BCUT2D eigenvalue weighted by Crippen LogP contribution is -2.46. The topological polar surface area (TPSA) is 58.6 Å². The zero-order valence-corrected chi connectivity index (χ0v) is 13.7. The van der Waals surface area contributed by atoms with Crippen molar-refractivity contribution in [2.24, 2.45) is 5.41 Å². The first-order valence-corrected chi connectivity index (χ1v) is 8.58. The van der Waals surface area contributed by atoms with Crippen LogP contribution in [0.5, 0.6) is 5.75 Å². The molecule has 25 heavy (non-hydrogen) atoms. The van der Waals surface area contributed by atoms with Crippen LogP contribution in [0.25, 0.3) is 0 Å². The molecular weight excluding hydrogens is 330 g/mol. The number of hydrogen-bond acceptors (Lipinski definition) is 3. The number of rotatable bonds is 4. The number of nitrogens with one attached hydrogen (secondary N) is 1. The predicted molar refractivity (Wildman–Crippen MR) is 85.1 cm³/mol. The summed E-state index contributed by atoms with van der Waals surface area (Å²) in [5.41, 5.74) is 1.05. The average Bonchev–Trinajstić information content (AvgIpc) is 3.22. The first-order valence-electron chi connectivity index (χ1n) is 8.58. The summed E-state index contributed by atoms with van der Waals surface area (Å²) in [6, 6.07) is 5.60. The first-order chi connectivity index (χ1) is 11.9. The van der Waals surface area contributed by atoms with Crippen molar-refractivity contribution in [3.8, 4) is 5.75 Å². The molecule has 2 saturated heterocycles. The Morgan fingerprint density at radius 3 is 2.60 bits per heavy atom. The van der Waals surface area contributed by atoms with Gasteiger partial charge in [0.25, 0.3) is 0 Å². The molecule has 3 aliphatic rings. The van der Waals surface area contributed by atoms with Gasteiger partial charge in [-0.15, -0.1) is 0 Å². The van der Waals surface area contributed by atoms with Crippen LogP contribution in [0, 0.1) is 5.41 Å². The Kier molecular flexibility index (Phi) is 3.89. The van der Waals surface area contributed by atoms with Gasteiger partial charge in [0.2, 0.25) is 11.8 Å². The molecule has 7 heteroatoms. The van der Waals surface area contributed by atoms with E-state index in [4.69, 9.17) is 0 Å². The number of hydrogen-bond donors (Lipinski definition) is 1. The highest BCUT2D eigenvalue weighted by molar-refractivity contribution is 5.91. The minimum absolute atomic E-state index is 0.0156. The van der Waals surface area contributed by atoms with Gasteiger partial charge in [-0.25, -0.2) is 0 Å². The van der Waals surface area contributed by atoms with Crippen LogP contribution < -0.4 is 10.1 Å². The largest absolute Gasteiger partial charge is 0.435 e. The molecule has 1 unspecified atom stereocenters. The Morgan fingerprint density at radius 1 is 1.24 bits per heavy atom. The Bertz CT molecular complexity index is 688. The minimum Gasteiger partial charge on any atom is -0.435 e. The first kappa shape index (κ1) is 16.3. The van der Waals surface area contributed by atoms with Gasteiger partial charge in [-0.2, -0.15) is 8.78 Å². The third kappa shape index (κ3) is 3.32. The summed E-state index contributed by atoms with van der Waals surface area (Å²) >= 11 is 0. The lowest BCUT2D eigenvalue weighted by atomic mass is 10.0. The number of carbonyl (C=O) groups is 2. The molecule has 1 spiro atoms. The van der Waals surface area contributed by atoms with Crippen molar-refractivity contribution in [1.82, 2.24) is 10.2 Å². The van der Waals surface area contributed by atoms with E-state index >= 15 is 0 Å². The molecule has 2 aliphatic heterocycles. The highest BCUT2D eigenvalue weighted by Gasteiger charge is 2.55. The van der Waals surface area contributed by atoms with Gasteiger partial charge in [-0.1, -0.05) is 12.1 Å². The number of carbonyl (C=O) groups excluding carboxylic acids is 2. The Morgan fingerprint density at radius 2 is 1.96 bits per heavy atom. The molecule has 2 amide bonds. The maximum Gasteiger partial charge on any atom is 0.387 e. The highest BCUT2D eigenvalue weighted by atomic mass is 19.3. The molecule has 1 aliphatic carbocycles. The molecule has 0 aromatic heterocycles. The summed E-state index contributed by atoms with van der Waals surface area (Å²) in [7, 11) is 0. The molecule has 1 saturated carbocycles. The van der Waals surface area contributed by atoms with E-state index in [-0.39, 0.29) is 29.0 Å². The van der Waals surface area contributed by atoms with Crippen LogP contribution >= 0.6 is 0 Å². The quantitative estimate of drug-likeness (QED) is 0.905. The van der Waals surface area contributed by atoms with Crippen LogP contribution in [0.2, 0.25) is 0 Å². The van der Waals surface area contributed by atoms with E-state index in [0.29, 0.717) is 12.8 Å². The SMILES string of the molecule is O=C1C[C@@H]2CC3(CC3)CN2C(=O)C(Cc2ccc(OC(F)F)cc2)N1. The molecule has 2 heterocycles. The van der Waals surface area contributed by atoms with Gasteiger partial charge in [0.15, 0.2) is 0 Å². The normalized spacial score (nSPS) is 27.2. The van der Waals surface area contributed by atoms with E-state index in [1.54, 1.807) is 12.1 Å². The third-order valence-corrected chi connectivity index (χ3v) is 5.50. The maximum atomic E-state index is 12.9. The zero-order chi connectivity index (χ0) is 17.6. The van der Waals surface area contributed by atoms with Crippen molar-refractivity contribution in [2.45, 2.75) is 50.8 Å². The lowest BCUT2D eigenvalue weighted by Gasteiger charge is -2.24. The summed E-state index contributed by atoms with van der Waals surface area (Å²) in [6.45, 7) is -2.11. The molecule has 5 nitrogen and oxygen atoms in total. The average molecular weight is 350 g/mol. The van der Waals surface area contributed by atoms with E-state index in [9.17, 15) is 18.4 Å². The summed E-state index contributed by atoms with van der Waals surface area (Å²) in [4.78, 5) is 27.0. The number of ether oxygens (including phenoxy) is 1. The van der Waals surface area contributed by atoms with E-state index in [0.717, 1.165) is 31.4 Å². The third-order valence-electron chi connectivity index (χ3n) is 5.50. The van der Waals surface area contributed by atoms with Gasteiger partial charge in [0, 0.05) is 25.4 Å². The van der Waals surface area contributed by atoms with Gasteiger partial charge in [-0.3, -0.25) is 9.59 Å². The summed E-state index contributed by atoms with van der Waals surface area (Å²) in [6.07, 6.45) is 3.93. The van der Waals surface area contributed by atoms with Gasteiger partial charge in [0.05, 0.1) is 0 Å². The molecule has 0 bridgehead atoms. The van der Waals surface area contributed by atoms with E-state index < -0.39 is 12.7 Å². The Labute approximate surface area is 144 Å². The van der Waals surface area contributed by atoms with Crippen molar-refractivity contribution in [1.29, 1.82) is 0 Å². The predicted octanol–water partition coefficient (Wildman–Crippen LogP) is 2.10. The van der Waals surface area contributed by atoms with Gasteiger partial charge < -0.3 is 15.0 Å². The fraction of sp³-hybridized carbons (Fsp3) is 0.556. The van der Waals surface area contributed by atoms with Crippen LogP contribution in [0.15, 0.2) is 24.3 Å². The number of benzene rings is 1. The van der Waals surface area contributed by atoms with E-state index in [1.165, 1.54) is 12.1 Å². The van der Waals surface area contributed by atoms with Crippen LogP contribution in [-0.2, 0) is 16.0 Å². The molecular formula is C18H20F2N2O3. The molecule has 4 rings (SSSR count). The number of fused-ring (bicyclic) bond motifs is 1. The number of nitrogens with zero attached hydrogens (tertiary/aromatic N) is 1. The summed E-state index contributed by atoms with van der Waals surface area (Å²) in [5, 5.41) is 2.82. The summed E-state index contributed by atoms with van der Waals surface area (Å²) in [5.74, 6) is -0.0565. The Balaban J connectivity index is 1.47. The second-order valence-electron chi connectivity index (χ2n) is 7.37. The maximum absolute atomic E-state index is 12.9. The molecule has 3 fully saturated rings. The molecule has 1 aromatic carbocycles. The standard InChI is InChI=1S/C18H20F2N2O3/c19-17(20)25-13-3-1-11(2-4-13)7-14-16(24)22-10-18(5-6-18)9-12(22)8-15(23)21-14/h1-4,12,14,17H,5-10H2,(H,21,23)/t12-,14?/m1/s1. The monoisotopic (exact) mass is 350 g/mol. The van der Waals surface area contributed by atoms with Crippen LogP contribution in [-0.4, -0.2) is 42.0 Å². The number of alkyl halides is 2. The van der Waals surface area contributed by atoms with Gasteiger partial charge in [-0.05, 0) is 42.4 Å². The molecule has 134 valence electrons. The van der Waals surface area contributed by atoms with Crippen LogP contribution in [0.1, 0.15) is 31.2 Å². The molecule has 1 aromatic rings. The smallest absolute Gasteiger partial charge is 0.387 e. The lowest BCUT2D eigenvalue weighted by molar-refractivity contribution is -0.134. The molecule has 1 N–H and O–H groups in total. The second kappa shape index (κ2) is 5.97. The van der Waals surface area contributed by atoms with Crippen LogP contribution in [0.3, 0.4) is 0 Å². The number of halogens is 2. The Hall–Kier alpha value is -2.18. The number of amides is 2. The van der Waals surface area contributed by atoms with Crippen molar-refractivity contribution in [3.05, 3.63) is 29.8 Å². The second-order valence-corrected chi connectivity index (χ2v) is 7.37. The van der Waals surface area contributed by atoms with Crippen molar-refractivity contribution in [2.75, 3.05) is 6.54 Å². The summed E-state index contributed by atoms with van der Waals surface area (Å²) < 4.78 is 28.7. The zero-order valence-electron chi connectivity index (χ0n) is 13.7. The van der Waals surface area contributed by atoms with Gasteiger partial charge in [0.1, 0.15) is 11.8 Å². The highest BCUT2D eigenvalue weighted by Crippen LogP contribution is 2.55. The minimum atomic E-state index is -2.87. The van der Waals surface area contributed by atoms with E-state index in [1.807, 2.05) is 4.90 Å². The van der Waals surface area contributed by atoms with Gasteiger partial charge >= 0.3 is 6.61 Å². The molecule has 0 radical (unpaired) electrons. The fourth-order valence-electron chi connectivity index (χ4n) is 4.05. The molecule has 2 atom stereocenters. The van der Waals surface area contributed by atoms with Crippen molar-refractivity contribution in [3.63, 3.8) is 0 Å². The fourth-order valence-corrected chi connectivity index (χ4v) is 4.05. The van der Waals surface area contributed by atoms with E-state index in [2.05, 4.69) is 10.1 Å². The van der Waals surface area contributed by atoms with Crippen molar-refractivity contribution >= 4 is 11.8 Å². The van der Waals surface area contributed by atoms with Crippen LogP contribution in [0.4, 0.5) is 8.78 Å². The van der Waals surface area contributed by atoms with Crippen molar-refractivity contribution < 1.29 is 23.1 Å².